The molecule has 144 valence electrons. The Morgan fingerprint density at radius 3 is 1.92 bits per heavy atom. The van der Waals surface area contributed by atoms with Crippen LogP contribution in [0.4, 0.5) is 0 Å². The number of hydrogen-bond donors (Lipinski definition) is 1. The van der Waals surface area contributed by atoms with Crippen LogP contribution in [0.3, 0.4) is 0 Å². The molecule has 5 atom stereocenters. The van der Waals surface area contributed by atoms with Gasteiger partial charge in [-0.05, 0) is 0 Å². The van der Waals surface area contributed by atoms with E-state index in [0.29, 0.717) is 0 Å². The number of rotatable bonds is 6. The van der Waals surface area contributed by atoms with Crippen molar-refractivity contribution in [3.05, 3.63) is 0 Å². The van der Waals surface area contributed by atoms with Crippen LogP contribution in [-0.2, 0) is 47.6 Å². The lowest BCUT2D eigenvalue weighted by molar-refractivity contribution is -0.287. The van der Waals surface area contributed by atoms with E-state index >= 15 is 0 Å². The van der Waals surface area contributed by atoms with Crippen LogP contribution in [0.15, 0.2) is 0 Å². The number of esters is 3. The molecule has 1 aliphatic rings. The zero-order chi connectivity index (χ0) is 19.4. The molecule has 0 saturated carbocycles. The minimum absolute atomic E-state index is 0.437. The molecule has 0 aromatic heterocycles. The number of carbonyl (C=O) groups is 3. The zero-order valence-corrected chi connectivity index (χ0v) is 14.8. The molecule has 1 saturated heterocycles. The minimum Gasteiger partial charge on any atom is -0.463 e. The average Bonchev–Trinajstić information content (AvgIpc) is 2.41. The van der Waals surface area contributed by atoms with Gasteiger partial charge in [-0.3, -0.25) is 18.6 Å². The van der Waals surface area contributed by atoms with E-state index in [1.165, 1.54) is 0 Å². The fraction of sp³-hybridized carbons (Fsp3) is 0.769. The quantitative estimate of drug-likeness (QED) is 0.323. The van der Waals surface area contributed by atoms with Crippen LogP contribution in [0.1, 0.15) is 20.8 Å². The normalized spacial score (nSPS) is 29.6. The fourth-order valence-corrected chi connectivity index (χ4v) is 2.80. The molecule has 12 heteroatoms. The zero-order valence-electron chi connectivity index (χ0n) is 14.0. The third kappa shape index (κ3) is 6.94. The van der Waals surface area contributed by atoms with Crippen molar-refractivity contribution in [2.75, 3.05) is 12.9 Å². The Morgan fingerprint density at radius 1 is 0.960 bits per heavy atom. The Balaban J connectivity index is 3.18. The summed E-state index contributed by atoms with van der Waals surface area (Å²) in [6, 6.07) is 0. The van der Waals surface area contributed by atoms with Crippen molar-refractivity contribution in [3.8, 4) is 0 Å². The van der Waals surface area contributed by atoms with Crippen LogP contribution < -0.4 is 0 Å². The molecular formula is C13H20O11S. The highest BCUT2D eigenvalue weighted by Gasteiger charge is 2.51. The van der Waals surface area contributed by atoms with Gasteiger partial charge in [0, 0.05) is 20.8 Å². The van der Waals surface area contributed by atoms with Crippen molar-refractivity contribution >= 4 is 28.0 Å². The maximum absolute atomic E-state index is 11.4. The third-order valence-corrected chi connectivity index (χ3v) is 3.52. The summed E-state index contributed by atoms with van der Waals surface area (Å²) in [5, 5.41) is 10.0. The van der Waals surface area contributed by atoms with Crippen LogP contribution in [0.5, 0.6) is 0 Å². The third-order valence-electron chi connectivity index (χ3n) is 2.95. The SMILES string of the molecule is CC(=O)OC[C@@H]1O[C@H](O)[C@@H](OS(C)(=O)=O)[C@H](OC(C)=O)[C@@H]1OC(C)=O. The molecule has 0 aromatic rings. The molecule has 1 rings (SSSR count). The van der Waals surface area contributed by atoms with Gasteiger partial charge < -0.3 is 24.1 Å². The lowest BCUT2D eigenvalue weighted by atomic mass is 9.98. The topological polar surface area (TPSA) is 152 Å². The highest BCUT2D eigenvalue weighted by Crippen LogP contribution is 2.28. The van der Waals surface area contributed by atoms with Gasteiger partial charge in [0.1, 0.15) is 12.7 Å². The first-order chi connectivity index (χ1) is 11.4. The highest BCUT2D eigenvalue weighted by atomic mass is 32.2. The van der Waals surface area contributed by atoms with Gasteiger partial charge in [-0.2, -0.15) is 8.42 Å². The second kappa shape index (κ2) is 8.56. The van der Waals surface area contributed by atoms with Crippen LogP contribution in [0.25, 0.3) is 0 Å². The molecule has 25 heavy (non-hydrogen) atoms. The Hall–Kier alpha value is -1.76. The number of carbonyl (C=O) groups excluding carboxylic acids is 3. The van der Waals surface area contributed by atoms with Gasteiger partial charge in [-0.25, -0.2) is 0 Å². The van der Waals surface area contributed by atoms with E-state index in [1.807, 2.05) is 0 Å². The largest absolute Gasteiger partial charge is 0.463 e. The van der Waals surface area contributed by atoms with Crippen molar-refractivity contribution in [2.45, 2.75) is 51.5 Å². The summed E-state index contributed by atoms with van der Waals surface area (Å²) in [6.45, 7) is 2.78. The number of hydrogen-bond acceptors (Lipinski definition) is 11. The monoisotopic (exact) mass is 384 g/mol. The van der Waals surface area contributed by atoms with Crippen molar-refractivity contribution < 1.29 is 51.0 Å². The van der Waals surface area contributed by atoms with Gasteiger partial charge in [0.2, 0.25) is 0 Å². The molecule has 1 fully saturated rings. The summed E-state index contributed by atoms with van der Waals surface area (Å²) < 4.78 is 47.4. The van der Waals surface area contributed by atoms with E-state index in [1.54, 1.807) is 0 Å². The Labute approximate surface area is 144 Å². The molecule has 0 amide bonds. The molecule has 0 aromatic carbocycles. The molecule has 0 spiro atoms. The van der Waals surface area contributed by atoms with Crippen LogP contribution in [0.2, 0.25) is 0 Å². The summed E-state index contributed by atoms with van der Waals surface area (Å²) in [7, 11) is -4.08. The summed E-state index contributed by atoms with van der Waals surface area (Å²) in [5.74, 6) is -2.31. The molecular weight excluding hydrogens is 364 g/mol. The molecule has 1 aliphatic heterocycles. The first-order valence-electron chi connectivity index (χ1n) is 7.10. The maximum atomic E-state index is 11.4. The number of aliphatic hydroxyl groups is 1. The number of ether oxygens (including phenoxy) is 4. The molecule has 0 radical (unpaired) electrons. The predicted octanol–water partition coefficient (Wildman–Crippen LogP) is -1.53. The summed E-state index contributed by atoms with van der Waals surface area (Å²) in [5.41, 5.74) is 0. The van der Waals surface area contributed by atoms with Crippen molar-refractivity contribution in [2.24, 2.45) is 0 Å². The van der Waals surface area contributed by atoms with Gasteiger partial charge in [-0.15, -0.1) is 0 Å². The fourth-order valence-electron chi connectivity index (χ4n) is 2.19. The second-order valence-corrected chi connectivity index (χ2v) is 6.88. The van der Waals surface area contributed by atoms with E-state index in [9.17, 15) is 27.9 Å². The smallest absolute Gasteiger partial charge is 0.303 e. The van der Waals surface area contributed by atoms with E-state index in [4.69, 9.17) is 23.1 Å². The van der Waals surface area contributed by atoms with E-state index < -0.39 is 65.3 Å². The van der Waals surface area contributed by atoms with E-state index in [-0.39, 0.29) is 0 Å². The molecule has 0 bridgehead atoms. The van der Waals surface area contributed by atoms with E-state index in [2.05, 4.69) is 0 Å². The lowest BCUT2D eigenvalue weighted by Crippen LogP contribution is -2.62. The molecule has 1 N–H and O–H groups in total. The average molecular weight is 384 g/mol. The van der Waals surface area contributed by atoms with Crippen molar-refractivity contribution in [1.82, 2.24) is 0 Å². The van der Waals surface area contributed by atoms with Gasteiger partial charge in [-0.1, -0.05) is 0 Å². The number of aliphatic hydroxyl groups excluding tert-OH is 1. The van der Waals surface area contributed by atoms with Gasteiger partial charge in [0.25, 0.3) is 10.1 Å². The molecule has 0 unspecified atom stereocenters. The standard InChI is InChI=1S/C13H20O11S/c1-6(14)20-5-9-10(21-7(2)15)11(22-8(3)16)12(13(17)23-9)24-25(4,18)19/h9-13,17H,5H2,1-4H3/t9-,10+,11+,12-,13-/m0/s1. The van der Waals surface area contributed by atoms with Gasteiger partial charge in [0.15, 0.2) is 24.6 Å². The Morgan fingerprint density at radius 2 is 1.48 bits per heavy atom. The van der Waals surface area contributed by atoms with Crippen molar-refractivity contribution in [3.63, 3.8) is 0 Å². The molecule has 11 nitrogen and oxygen atoms in total. The first kappa shape index (κ1) is 21.3. The Bertz CT molecular complexity index is 613. The van der Waals surface area contributed by atoms with Crippen molar-refractivity contribution in [1.29, 1.82) is 0 Å². The minimum atomic E-state index is -4.08. The predicted molar refractivity (Wildman–Crippen MR) is 78.3 cm³/mol. The first-order valence-corrected chi connectivity index (χ1v) is 8.92. The maximum Gasteiger partial charge on any atom is 0.303 e. The van der Waals surface area contributed by atoms with E-state index in [0.717, 1.165) is 27.0 Å². The van der Waals surface area contributed by atoms with Gasteiger partial charge >= 0.3 is 17.9 Å². The molecule has 0 aliphatic carbocycles. The molecule has 1 heterocycles. The summed E-state index contributed by atoms with van der Waals surface area (Å²) in [4.78, 5) is 33.7. The van der Waals surface area contributed by atoms with Gasteiger partial charge in [0.05, 0.1) is 6.26 Å². The highest BCUT2D eigenvalue weighted by molar-refractivity contribution is 7.86. The van der Waals surface area contributed by atoms with Crippen LogP contribution in [0, 0.1) is 0 Å². The van der Waals surface area contributed by atoms with Crippen LogP contribution >= 0.6 is 0 Å². The second-order valence-electron chi connectivity index (χ2n) is 5.28. The summed E-state index contributed by atoms with van der Waals surface area (Å²) in [6.07, 6.45) is -6.93. The summed E-state index contributed by atoms with van der Waals surface area (Å²) >= 11 is 0. The lowest BCUT2D eigenvalue weighted by Gasteiger charge is -2.42. The Kier molecular flexibility index (Phi) is 7.29. The van der Waals surface area contributed by atoms with Crippen LogP contribution in [-0.4, -0.2) is 75.0 Å².